The summed E-state index contributed by atoms with van der Waals surface area (Å²) in [6.45, 7) is 9.53. The number of rotatable bonds is 12. The van der Waals surface area contributed by atoms with E-state index in [4.69, 9.17) is 4.74 Å². The average molecular weight is 229 g/mol. The molecule has 0 aromatic rings. The molecule has 1 N–H and O–H groups in total. The lowest BCUT2D eigenvalue weighted by Crippen LogP contribution is -2.26. The van der Waals surface area contributed by atoms with E-state index in [1.54, 1.807) is 0 Å². The average Bonchev–Trinajstić information content (AvgIpc) is 2.27. The molecule has 98 valence electrons. The molecule has 0 aliphatic rings. The molecule has 0 bridgehead atoms. The molecular weight excluding hydrogens is 198 g/mol. The van der Waals surface area contributed by atoms with Crippen LogP contribution in [0.3, 0.4) is 0 Å². The van der Waals surface area contributed by atoms with Crippen LogP contribution in [0.1, 0.15) is 65.7 Å². The maximum Gasteiger partial charge on any atom is 0.0480 e. The van der Waals surface area contributed by atoms with Gasteiger partial charge in [0.2, 0.25) is 0 Å². The van der Waals surface area contributed by atoms with Crippen LogP contribution in [-0.4, -0.2) is 25.8 Å². The van der Waals surface area contributed by atoms with Gasteiger partial charge in [-0.1, -0.05) is 46.0 Å². The van der Waals surface area contributed by atoms with Gasteiger partial charge in [-0.05, 0) is 26.3 Å². The Hall–Kier alpha value is -0.0800. The Balaban J connectivity index is 2.98. The van der Waals surface area contributed by atoms with Crippen molar-refractivity contribution in [2.45, 2.75) is 71.8 Å². The summed E-state index contributed by atoms with van der Waals surface area (Å²) in [6.07, 6.45) is 9.20. The highest BCUT2D eigenvalue weighted by Gasteiger charge is 1.98. The Labute approximate surface area is 102 Å². The molecule has 0 amide bonds. The standard InChI is InChI=1S/C14H31NO/c1-4-6-7-8-9-10-12-16-13-11-14(3)15-5-2/h14-15H,4-13H2,1-3H3. The first-order valence-electron chi connectivity index (χ1n) is 7.12. The summed E-state index contributed by atoms with van der Waals surface area (Å²) in [5.41, 5.74) is 0. The van der Waals surface area contributed by atoms with Crippen LogP contribution in [-0.2, 0) is 4.74 Å². The zero-order valence-corrected chi connectivity index (χ0v) is 11.6. The van der Waals surface area contributed by atoms with Gasteiger partial charge in [-0.2, -0.15) is 0 Å². The van der Waals surface area contributed by atoms with E-state index < -0.39 is 0 Å². The number of hydrogen-bond donors (Lipinski definition) is 1. The molecule has 0 aliphatic carbocycles. The highest BCUT2D eigenvalue weighted by Crippen LogP contribution is 2.05. The van der Waals surface area contributed by atoms with Crippen molar-refractivity contribution < 1.29 is 4.74 Å². The van der Waals surface area contributed by atoms with E-state index in [1.807, 2.05) is 0 Å². The third-order valence-corrected chi connectivity index (χ3v) is 2.89. The zero-order valence-electron chi connectivity index (χ0n) is 11.6. The highest BCUT2D eigenvalue weighted by atomic mass is 16.5. The molecule has 1 atom stereocenters. The fourth-order valence-electron chi connectivity index (χ4n) is 1.80. The number of hydrogen-bond acceptors (Lipinski definition) is 2. The summed E-state index contributed by atoms with van der Waals surface area (Å²) >= 11 is 0. The fourth-order valence-corrected chi connectivity index (χ4v) is 1.80. The lowest BCUT2D eigenvalue weighted by Gasteiger charge is -2.11. The Bertz CT molecular complexity index is 128. The molecule has 0 fully saturated rings. The van der Waals surface area contributed by atoms with Crippen LogP contribution in [0.15, 0.2) is 0 Å². The van der Waals surface area contributed by atoms with Crippen molar-refractivity contribution in [1.29, 1.82) is 0 Å². The second-order valence-corrected chi connectivity index (χ2v) is 4.63. The third kappa shape index (κ3) is 12.0. The molecule has 0 aromatic carbocycles. The van der Waals surface area contributed by atoms with E-state index in [9.17, 15) is 0 Å². The Kier molecular flexibility index (Phi) is 12.9. The molecule has 0 radical (unpaired) electrons. The van der Waals surface area contributed by atoms with E-state index in [2.05, 4.69) is 26.1 Å². The first-order valence-corrected chi connectivity index (χ1v) is 7.12. The number of unbranched alkanes of at least 4 members (excludes halogenated alkanes) is 5. The number of ether oxygens (including phenoxy) is 1. The molecule has 0 aliphatic heterocycles. The van der Waals surface area contributed by atoms with E-state index in [1.165, 1.54) is 38.5 Å². The SMILES string of the molecule is CCCCCCCCOCCC(C)NCC. The zero-order chi connectivity index (χ0) is 12.1. The second-order valence-electron chi connectivity index (χ2n) is 4.63. The topological polar surface area (TPSA) is 21.3 Å². The van der Waals surface area contributed by atoms with Gasteiger partial charge < -0.3 is 10.1 Å². The van der Waals surface area contributed by atoms with Crippen molar-refractivity contribution >= 4 is 0 Å². The molecule has 0 saturated heterocycles. The summed E-state index contributed by atoms with van der Waals surface area (Å²) in [4.78, 5) is 0. The van der Waals surface area contributed by atoms with Crippen LogP contribution in [0.25, 0.3) is 0 Å². The van der Waals surface area contributed by atoms with Gasteiger partial charge >= 0.3 is 0 Å². The van der Waals surface area contributed by atoms with Crippen molar-refractivity contribution in [1.82, 2.24) is 5.32 Å². The minimum absolute atomic E-state index is 0.592. The van der Waals surface area contributed by atoms with Crippen molar-refractivity contribution in [2.24, 2.45) is 0 Å². The molecule has 0 rings (SSSR count). The first kappa shape index (κ1) is 15.9. The van der Waals surface area contributed by atoms with E-state index in [0.29, 0.717) is 6.04 Å². The van der Waals surface area contributed by atoms with E-state index in [-0.39, 0.29) is 0 Å². The van der Waals surface area contributed by atoms with Gasteiger partial charge in [0.15, 0.2) is 0 Å². The van der Waals surface area contributed by atoms with Crippen LogP contribution in [0.4, 0.5) is 0 Å². The van der Waals surface area contributed by atoms with E-state index >= 15 is 0 Å². The Morgan fingerprint density at radius 2 is 1.62 bits per heavy atom. The van der Waals surface area contributed by atoms with Gasteiger partial charge in [0.25, 0.3) is 0 Å². The van der Waals surface area contributed by atoms with Crippen LogP contribution in [0, 0.1) is 0 Å². The lowest BCUT2D eigenvalue weighted by molar-refractivity contribution is 0.121. The summed E-state index contributed by atoms with van der Waals surface area (Å²) in [5, 5.41) is 3.39. The van der Waals surface area contributed by atoms with Gasteiger partial charge in [-0.25, -0.2) is 0 Å². The minimum Gasteiger partial charge on any atom is -0.381 e. The predicted octanol–water partition coefficient (Wildman–Crippen LogP) is 3.75. The summed E-state index contributed by atoms with van der Waals surface area (Å²) in [7, 11) is 0. The van der Waals surface area contributed by atoms with Crippen LogP contribution in [0.5, 0.6) is 0 Å². The minimum atomic E-state index is 0.592. The maximum absolute atomic E-state index is 5.62. The lowest BCUT2D eigenvalue weighted by atomic mass is 10.1. The third-order valence-electron chi connectivity index (χ3n) is 2.89. The van der Waals surface area contributed by atoms with Gasteiger partial charge in [0.05, 0.1) is 0 Å². The second kappa shape index (κ2) is 13.0. The predicted molar refractivity (Wildman–Crippen MR) is 72.0 cm³/mol. The van der Waals surface area contributed by atoms with Crippen LogP contribution in [0.2, 0.25) is 0 Å². The van der Waals surface area contributed by atoms with Crippen molar-refractivity contribution in [2.75, 3.05) is 19.8 Å². The summed E-state index contributed by atoms with van der Waals surface area (Å²) in [6, 6.07) is 0.592. The Morgan fingerprint density at radius 1 is 0.938 bits per heavy atom. The number of nitrogens with one attached hydrogen (secondary N) is 1. The highest BCUT2D eigenvalue weighted by molar-refractivity contribution is 4.57. The van der Waals surface area contributed by atoms with Gasteiger partial charge in [0, 0.05) is 19.3 Å². The largest absolute Gasteiger partial charge is 0.381 e. The molecule has 2 nitrogen and oxygen atoms in total. The van der Waals surface area contributed by atoms with Crippen molar-refractivity contribution in [3.8, 4) is 0 Å². The first-order chi connectivity index (χ1) is 7.81. The molecule has 0 aromatic heterocycles. The molecule has 0 saturated carbocycles. The van der Waals surface area contributed by atoms with E-state index in [0.717, 1.165) is 26.2 Å². The molecule has 0 spiro atoms. The fraction of sp³-hybridized carbons (Fsp3) is 1.00. The monoisotopic (exact) mass is 229 g/mol. The molecule has 2 heteroatoms. The summed E-state index contributed by atoms with van der Waals surface area (Å²) < 4.78 is 5.62. The van der Waals surface area contributed by atoms with Gasteiger partial charge in [-0.3, -0.25) is 0 Å². The molecule has 16 heavy (non-hydrogen) atoms. The normalized spacial score (nSPS) is 12.9. The summed E-state index contributed by atoms with van der Waals surface area (Å²) in [5.74, 6) is 0. The smallest absolute Gasteiger partial charge is 0.0480 e. The Morgan fingerprint density at radius 3 is 2.31 bits per heavy atom. The quantitative estimate of drug-likeness (QED) is 0.515. The van der Waals surface area contributed by atoms with Gasteiger partial charge in [0.1, 0.15) is 0 Å². The van der Waals surface area contributed by atoms with Gasteiger partial charge in [-0.15, -0.1) is 0 Å². The van der Waals surface area contributed by atoms with Crippen LogP contribution >= 0.6 is 0 Å². The van der Waals surface area contributed by atoms with Crippen molar-refractivity contribution in [3.63, 3.8) is 0 Å². The van der Waals surface area contributed by atoms with Crippen LogP contribution < -0.4 is 5.32 Å². The molecule has 1 unspecified atom stereocenters. The molecule has 0 heterocycles. The molecular formula is C14H31NO. The van der Waals surface area contributed by atoms with Crippen molar-refractivity contribution in [3.05, 3.63) is 0 Å². The maximum atomic E-state index is 5.62.